The van der Waals surface area contributed by atoms with E-state index in [4.69, 9.17) is 4.74 Å². The highest BCUT2D eigenvalue weighted by molar-refractivity contribution is 5.72. The van der Waals surface area contributed by atoms with Gasteiger partial charge in [0.05, 0.1) is 37.0 Å². The number of pyridine rings is 1. The molecule has 2 aromatic carbocycles. The van der Waals surface area contributed by atoms with Gasteiger partial charge in [0.25, 0.3) is 5.95 Å². The van der Waals surface area contributed by atoms with Crippen LogP contribution < -0.4 is 10.2 Å². The van der Waals surface area contributed by atoms with Crippen LogP contribution in [-0.2, 0) is 11.3 Å². The minimum atomic E-state index is -0.492. The highest BCUT2D eigenvalue weighted by Gasteiger charge is 2.17. The van der Waals surface area contributed by atoms with Crippen molar-refractivity contribution >= 4 is 23.1 Å². The van der Waals surface area contributed by atoms with Gasteiger partial charge in [-0.05, 0) is 60.0 Å². The van der Waals surface area contributed by atoms with Crippen LogP contribution in [0.5, 0.6) is 5.75 Å². The van der Waals surface area contributed by atoms with Gasteiger partial charge >= 0.3 is 0 Å². The molecule has 1 aliphatic rings. The first-order valence-electron chi connectivity index (χ1n) is 11.9. The predicted octanol–water partition coefficient (Wildman–Crippen LogP) is 5.56. The fraction of sp³-hybridized carbons (Fsp3) is 0.222. The molecule has 1 fully saturated rings. The Morgan fingerprint density at radius 2 is 1.86 bits per heavy atom. The Kier molecular flexibility index (Phi) is 7.27. The molecule has 0 amide bonds. The van der Waals surface area contributed by atoms with Crippen molar-refractivity contribution < 1.29 is 14.2 Å². The first kappa shape index (κ1) is 24.3. The summed E-state index contributed by atoms with van der Waals surface area (Å²) in [6.45, 7) is 4.44. The zero-order valence-electron chi connectivity index (χ0n) is 20.3. The topological polar surface area (TPSA) is 108 Å². The first-order valence-corrected chi connectivity index (χ1v) is 11.9. The van der Waals surface area contributed by atoms with Gasteiger partial charge in [-0.25, -0.2) is 9.37 Å². The van der Waals surface area contributed by atoms with Crippen LogP contribution in [0.1, 0.15) is 11.3 Å². The summed E-state index contributed by atoms with van der Waals surface area (Å²) in [6, 6.07) is 17.1. The number of phenolic OH excluding ortho intramolecular Hbond substituents is 1. The van der Waals surface area contributed by atoms with Gasteiger partial charge in [0.1, 0.15) is 12.3 Å². The molecule has 188 valence electrons. The third kappa shape index (κ3) is 6.22. The van der Waals surface area contributed by atoms with Gasteiger partial charge in [-0.3, -0.25) is 4.98 Å². The number of ether oxygens (including phenoxy) is 1. The SMILES string of the molecule is Cc1cc(Nc2ccc(CN=Nc3ncc(F)c(N4CCOCC4)n3)nc2)cc(-c2cccc(O)c2)c1. The second-order valence-electron chi connectivity index (χ2n) is 8.64. The van der Waals surface area contributed by atoms with Crippen LogP contribution in [0.4, 0.5) is 27.5 Å². The lowest BCUT2D eigenvalue weighted by Crippen LogP contribution is -2.37. The van der Waals surface area contributed by atoms with Crippen LogP contribution >= 0.6 is 0 Å². The molecule has 2 N–H and O–H groups in total. The number of anilines is 3. The molecule has 3 heterocycles. The van der Waals surface area contributed by atoms with E-state index in [9.17, 15) is 9.50 Å². The van der Waals surface area contributed by atoms with Crippen LogP contribution in [-0.4, -0.2) is 46.4 Å². The van der Waals surface area contributed by atoms with Crippen LogP contribution in [0, 0.1) is 12.7 Å². The largest absolute Gasteiger partial charge is 0.508 e. The number of hydrogen-bond donors (Lipinski definition) is 2. The molecule has 0 unspecified atom stereocenters. The minimum absolute atomic E-state index is 0.100. The van der Waals surface area contributed by atoms with Crippen molar-refractivity contribution in [1.29, 1.82) is 0 Å². The summed E-state index contributed by atoms with van der Waals surface area (Å²) >= 11 is 0. The smallest absolute Gasteiger partial charge is 0.270 e. The molecule has 1 aliphatic heterocycles. The van der Waals surface area contributed by atoms with Crippen molar-refractivity contribution in [3.8, 4) is 16.9 Å². The number of morpholine rings is 1. The second-order valence-corrected chi connectivity index (χ2v) is 8.64. The summed E-state index contributed by atoms with van der Waals surface area (Å²) in [4.78, 5) is 14.4. The van der Waals surface area contributed by atoms with Gasteiger partial charge in [0.2, 0.25) is 0 Å². The van der Waals surface area contributed by atoms with E-state index in [0.29, 0.717) is 26.3 Å². The summed E-state index contributed by atoms with van der Waals surface area (Å²) in [5.41, 5.74) is 5.49. The normalized spacial score (nSPS) is 13.7. The monoisotopic (exact) mass is 499 g/mol. The number of benzene rings is 2. The predicted molar refractivity (Wildman–Crippen MR) is 139 cm³/mol. The van der Waals surface area contributed by atoms with Gasteiger partial charge in [-0.2, -0.15) is 10.1 Å². The van der Waals surface area contributed by atoms with Crippen molar-refractivity contribution in [2.45, 2.75) is 13.5 Å². The number of nitrogens with one attached hydrogen (secondary N) is 1. The Morgan fingerprint density at radius 3 is 2.65 bits per heavy atom. The number of azo groups is 1. The first-order chi connectivity index (χ1) is 18.0. The van der Waals surface area contributed by atoms with Gasteiger partial charge in [-0.15, -0.1) is 5.11 Å². The summed E-state index contributed by atoms with van der Waals surface area (Å²) in [7, 11) is 0. The van der Waals surface area contributed by atoms with Crippen molar-refractivity contribution in [2.24, 2.45) is 10.2 Å². The number of aromatic nitrogens is 3. The number of hydrogen-bond acceptors (Lipinski definition) is 9. The van der Waals surface area contributed by atoms with Crippen LogP contribution in [0.25, 0.3) is 11.1 Å². The van der Waals surface area contributed by atoms with Crippen molar-refractivity contribution in [3.05, 3.63) is 84.1 Å². The lowest BCUT2D eigenvalue weighted by molar-refractivity contribution is 0.122. The number of aromatic hydroxyl groups is 1. The average Bonchev–Trinajstić information content (AvgIpc) is 2.91. The van der Waals surface area contributed by atoms with Crippen LogP contribution in [0.3, 0.4) is 0 Å². The average molecular weight is 500 g/mol. The number of aryl methyl sites for hydroxylation is 1. The van der Waals surface area contributed by atoms with E-state index in [0.717, 1.165) is 40.0 Å². The third-order valence-corrected chi connectivity index (χ3v) is 5.79. The lowest BCUT2D eigenvalue weighted by Gasteiger charge is -2.27. The molecule has 0 bridgehead atoms. The molecule has 0 spiro atoms. The van der Waals surface area contributed by atoms with Crippen molar-refractivity contribution in [1.82, 2.24) is 15.0 Å². The van der Waals surface area contributed by atoms with Gasteiger partial charge < -0.3 is 20.1 Å². The Hall–Kier alpha value is -4.44. The lowest BCUT2D eigenvalue weighted by atomic mass is 10.0. The van der Waals surface area contributed by atoms with E-state index in [-0.39, 0.29) is 24.1 Å². The maximum Gasteiger partial charge on any atom is 0.270 e. The zero-order valence-corrected chi connectivity index (χ0v) is 20.3. The molecular formula is C27H26FN7O2. The number of phenols is 1. The van der Waals surface area contributed by atoms with Gasteiger partial charge in [-0.1, -0.05) is 18.2 Å². The van der Waals surface area contributed by atoms with Gasteiger partial charge in [0, 0.05) is 18.8 Å². The van der Waals surface area contributed by atoms with Crippen LogP contribution in [0.15, 0.2) is 77.2 Å². The van der Waals surface area contributed by atoms with E-state index in [2.05, 4.69) is 36.6 Å². The Morgan fingerprint density at radius 1 is 1.00 bits per heavy atom. The summed E-state index contributed by atoms with van der Waals surface area (Å²) in [6.07, 6.45) is 2.84. The fourth-order valence-electron chi connectivity index (χ4n) is 4.03. The molecule has 1 saturated heterocycles. The molecule has 4 aromatic rings. The summed E-state index contributed by atoms with van der Waals surface area (Å²) in [5.74, 6) is 0.0505. The fourth-order valence-corrected chi connectivity index (χ4v) is 4.03. The molecule has 0 atom stereocenters. The van der Waals surface area contributed by atoms with E-state index >= 15 is 0 Å². The van der Waals surface area contributed by atoms with E-state index < -0.39 is 5.82 Å². The van der Waals surface area contributed by atoms with E-state index in [1.54, 1.807) is 18.3 Å². The molecular weight excluding hydrogens is 473 g/mol. The number of rotatable bonds is 7. The molecule has 0 saturated carbocycles. The van der Waals surface area contributed by atoms with Gasteiger partial charge in [0.15, 0.2) is 11.6 Å². The maximum absolute atomic E-state index is 14.2. The highest BCUT2D eigenvalue weighted by atomic mass is 19.1. The molecule has 0 aliphatic carbocycles. The van der Waals surface area contributed by atoms with Crippen molar-refractivity contribution in [2.75, 3.05) is 36.5 Å². The number of halogens is 1. The minimum Gasteiger partial charge on any atom is -0.508 e. The van der Waals surface area contributed by atoms with E-state index in [1.807, 2.05) is 48.2 Å². The standard InChI is InChI=1S/C27H26FN7O2/c1-18-11-20(19-3-2-4-24(36)14-19)13-23(12-18)32-22-6-5-21(29-15-22)16-31-34-27-30-17-25(28)26(33-27)35-7-9-37-10-8-35/h2-6,11-15,17,32,36H,7-10,16H2,1H3. The van der Waals surface area contributed by atoms with Crippen LogP contribution in [0.2, 0.25) is 0 Å². The molecule has 5 rings (SSSR count). The maximum atomic E-state index is 14.2. The van der Waals surface area contributed by atoms with E-state index in [1.165, 1.54) is 0 Å². The molecule has 0 radical (unpaired) electrons. The molecule has 9 nitrogen and oxygen atoms in total. The van der Waals surface area contributed by atoms with Crippen molar-refractivity contribution in [3.63, 3.8) is 0 Å². The summed E-state index contributed by atoms with van der Waals surface area (Å²) < 4.78 is 19.5. The summed E-state index contributed by atoms with van der Waals surface area (Å²) in [5, 5.41) is 21.4. The molecule has 10 heteroatoms. The Balaban J connectivity index is 1.23. The third-order valence-electron chi connectivity index (χ3n) is 5.79. The highest BCUT2D eigenvalue weighted by Crippen LogP contribution is 2.28. The molecule has 2 aromatic heterocycles. The Labute approximate surface area is 213 Å². The Bertz CT molecular complexity index is 1410. The quantitative estimate of drug-likeness (QED) is 0.321. The molecule has 37 heavy (non-hydrogen) atoms. The second kappa shape index (κ2) is 11.1. The number of nitrogens with zero attached hydrogens (tertiary/aromatic N) is 6. The zero-order chi connectivity index (χ0) is 25.6.